The number of nitrogens with two attached hydrogens (primary N) is 1. The molecule has 0 bridgehead atoms. The van der Waals surface area contributed by atoms with Gasteiger partial charge in [-0.3, -0.25) is 5.43 Å². The lowest BCUT2D eigenvalue weighted by Gasteiger charge is -2.05. The Hall–Kier alpha value is -1.56. The standard InChI is InChI=1S/C8H16N6/c1-3-10-8(14-9)11-4-7-6(2)12-5-13-7/h5H,3-4,9H2,1-2H3,(H,12,13)(H2,10,11,14). The van der Waals surface area contributed by atoms with Crippen LogP contribution in [0, 0.1) is 6.92 Å². The first-order valence-corrected chi connectivity index (χ1v) is 4.51. The molecule has 0 aromatic carbocycles. The van der Waals surface area contributed by atoms with Crippen molar-refractivity contribution in [1.29, 1.82) is 0 Å². The van der Waals surface area contributed by atoms with Gasteiger partial charge in [-0.2, -0.15) is 0 Å². The zero-order chi connectivity index (χ0) is 10.4. The van der Waals surface area contributed by atoms with Gasteiger partial charge in [-0.25, -0.2) is 15.8 Å². The molecule has 0 atom stereocenters. The second-order valence-corrected chi connectivity index (χ2v) is 2.81. The summed E-state index contributed by atoms with van der Waals surface area (Å²) in [6, 6.07) is 0. The Morgan fingerprint density at radius 2 is 2.50 bits per heavy atom. The monoisotopic (exact) mass is 196 g/mol. The van der Waals surface area contributed by atoms with Crippen molar-refractivity contribution in [2.75, 3.05) is 6.54 Å². The van der Waals surface area contributed by atoms with Crippen molar-refractivity contribution in [3.8, 4) is 0 Å². The van der Waals surface area contributed by atoms with Gasteiger partial charge in [0.05, 0.1) is 18.6 Å². The molecule has 0 unspecified atom stereocenters. The molecule has 0 saturated heterocycles. The van der Waals surface area contributed by atoms with E-state index in [0.29, 0.717) is 12.5 Å². The van der Waals surface area contributed by atoms with Gasteiger partial charge >= 0.3 is 0 Å². The molecule has 78 valence electrons. The maximum Gasteiger partial charge on any atom is 0.206 e. The molecule has 14 heavy (non-hydrogen) atoms. The average Bonchev–Trinajstić information content (AvgIpc) is 2.59. The fraction of sp³-hybridized carbons (Fsp3) is 0.500. The molecule has 1 aromatic rings. The zero-order valence-corrected chi connectivity index (χ0v) is 8.46. The normalized spacial score (nSPS) is 11.5. The first kappa shape index (κ1) is 10.5. The van der Waals surface area contributed by atoms with Gasteiger partial charge in [0.25, 0.3) is 0 Å². The van der Waals surface area contributed by atoms with Crippen LogP contribution in [-0.2, 0) is 6.54 Å². The van der Waals surface area contributed by atoms with Crippen molar-refractivity contribution >= 4 is 5.96 Å². The number of aryl methyl sites for hydroxylation is 1. The second kappa shape index (κ2) is 5.23. The lowest BCUT2D eigenvalue weighted by molar-refractivity contribution is 0.845. The molecule has 5 N–H and O–H groups in total. The van der Waals surface area contributed by atoms with Gasteiger partial charge in [-0.15, -0.1) is 0 Å². The summed E-state index contributed by atoms with van der Waals surface area (Å²) in [5.41, 5.74) is 4.44. The molecule has 0 amide bonds. The van der Waals surface area contributed by atoms with E-state index in [9.17, 15) is 0 Å². The van der Waals surface area contributed by atoms with Crippen molar-refractivity contribution < 1.29 is 0 Å². The highest BCUT2D eigenvalue weighted by molar-refractivity contribution is 5.79. The van der Waals surface area contributed by atoms with Crippen LogP contribution in [-0.4, -0.2) is 22.5 Å². The Kier molecular flexibility index (Phi) is 3.93. The van der Waals surface area contributed by atoms with Crippen molar-refractivity contribution in [1.82, 2.24) is 20.7 Å². The number of rotatable bonds is 3. The number of aromatic nitrogens is 2. The number of nitrogens with zero attached hydrogens (tertiary/aromatic N) is 2. The summed E-state index contributed by atoms with van der Waals surface area (Å²) in [6.45, 7) is 5.23. The van der Waals surface area contributed by atoms with Crippen LogP contribution < -0.4 is 16.6 Å². The number of guanidine groups is 1. The van der Waals surface area contributed by atoms with E-state index >= 15 is 0 Å². The number of imidazole rings is 1. The number of aromatic amines is 1. The highest BCUT2D eigenvalue weighted by Gasteiger charge is 1.99. The van der Waals surface area contributed by atoms with E-state index in [1.807, 2.05) is 13.8 Å². The second-order valence-electron chi connectivity index (χ2n) is 2.81. The summed E-state index contributed by atoms with van der Waals surface area (Å²) in [6.07, 6.45) is 1.66. The molecular weight excluding hydrogens is 180 g/mol. The molecular formula is C8H16N6. The lowest BCUT2D eigenvalue weighted by atomic mass is 10.3. The number of hydrazine groups is 1. The first-order chi connectivity index (χ1) is 6.77. The van der Waals surface area contributed by atoms with E-state index in [2.05, 4.69) is 25.7 Å². The number of aliphatic imine (C=N–C) groups is 1. The van der Waals surface area contributed by atoms with Crippen molar-refractivity contribution in [2.45, 2.75) is 20.4 Å². The van der Waals surface area contributed by atoms with Crippen molar-refractivity contribution in [2.24, 2.45) is 10.8 Å². The quantitative estimate of drug-likeness (QED) is 0.230. The number of H-pyrrole nitrogens is 1. The summed E-state index contributed by atoms with van der Waals surface area (Å²) in [4.78, 5) is 11.3. The minimum atomic E-state index is 0.516. The van der Waals surface area contributed by atoms with Gasteiger partial charge in [-0.1, -0.05) is 0 Å². The molecule has 0 fully saturated rings. The molecule has 1 heterocycles. The summed E-state index contributed by atoms with van der Waals surface area (Å²) >= 11 is 0. The van der Waals surface area contributed by atoms with Gasteiger partial charge < -0.3 is 10.3 Å². The Morgan fingerprint density at radius 3 is 3.00 bits per heavy atom. The molecule has 0 spiro atoms. The van der Waals surface area contributed by atoms with Crippen molar-refractivity contribution in [3.05, 3.63) is 17.7 Å². The van der Waals surface area contributed by atoms with E-state index in [0.717, 1.165) is 17.9 Å². The number of hydrogen-bond acceptors (Lipinski definition) is 3. The molecule has 6 nitrogen and oxygen atoms in total. The van der Waals surface area contributed by atoms with Crippen molar-refractivity contribution in [3.63, 3.8) is 0 Å². The fourth-order valence-corrected chi connectivity index (χ4v) is 1.02. The van der Waals surface area contributed by atoms with E-state index in [4.69, 9.17) is 5.84 Å². The molecule has 0 saturated carbocycles. The Morgan fingerprint density at radius 1 is 1.71 bits per heavy atom. The predicted octanol–water partition coefficient (Wildman–Crippen LogP) is -0.353. The molecule has 0 radical (unpaired) electrons. The van der Waals surface area contributed by atoms with Crippen LogP contribution in [0.5, 0.6) is 0 Å². The molecule has 6 heteroatoms. The Labute approximate surface area is 83.0 Å². The molecule has 1 aromatic heterocycles. The minimum absolute atomic E-state index is 0.516. The highest BCUT2D eigenvalue weighted by atomic mass is 15.3. The van der Waals surface area contributed by atoms with Crippen LogP contribution in [0.15, 0.2) is 11.3 Å². The SMILES string of the molecule is CCNC(=NCc1nc[nH]c1C)NN. The zero-order valence-electron chi connectivity index (χ0n) is 8.46. The molecule has 1 rings (SSSR count). The highest BCUT2D eigenvalue weighted by Crippen LogP contribution is 2.01. The van der Waals surface area contributed by atoms with Gasteiger partial charge in [-0.05, 0) is 13.8 Å². The summed E-state index contributed by atoms with van der Waals surface area (Å²) < 4.78 is 0. The van der Waals surface area contributed by atoms with Gasteiger partial charge in [0, 0.05) is 12.2 Å². The summed E-state index contributed by atoms with van der Waals surface area (Å²) in [7, 11) is 0. The largest absolute Gasteiger partial charge is 0.356 e. The first-order valence-electron chi connectivity index (χ1n) is 4.51. The third kappa shape index (κ3) is 2.74. The average molecular weight is 196 g/mol. The minimum Gasteiger partial charge on any atom is -0.356 e. The van der Waals surface area contributed by atoms with E-state index in [-0.39, 0.29) is 0 Å². The third-order valence-corrected chi connectivity index (χ3v) is 1.80. The van der Waals surface area contributed by atoms with Crippen LogP contribution in [0.1, 0.15) is 18.3 Å². The summed E-state index contributed by atoms with van der Waals surface area (Å²) in [5, 5.41) is 2.99. The van der Waals surface area contributed by atoms with Crippen LogP contribution in [0.4, 0.5) is 0 Å². The molecule has 0 aliphatic carbocycles. The van der Waals surface area contributed by atoms with Crippen LogP contribution in [0.3, 0.4) is 0 Å². The van der Waals surface area contributed by atoms with E-state index < -0.39 is 0 Å². The molecule has 0 aliphatic heterocycles. The van der Waals surface area contributed by atoms with Crippen LogP contribution >= 0.6 is 0 Å². The Bertz CT molecular complexity index is 303. The Balaban J connectivity index is 2.56. The van der Waals surface area contributed by atoms with E-state index in [1.165, 1.54) is 0 Å². The van der Waals surface area contributed by atoms with E-state index in [1.54, 1.807) is 6.33 Å². The predicted molar refractivity (Wildman–Crippen MR) is 55.5 cm³/mol. The fourth-order valence-electron chi connectivity index (χ4n) is 1.02. The van der Waals surface area contributed by atoms with Crippen LogP contribution in [0.25, 0.3) is 0 Å². The summed E-state index contributed by atoms with van der Waals surface area (Å²) in [5.74, 6) is 5.84. The van der Waals surface area contributed by atoms with Gasteiger partial charge in [0.2, 0.25) is 5.96 Å². The van der Waals surface area contributed by atoms with Gasteiger partial charge in [0.1, 0.15) is 0 Å². The maximum atomic E-state index is 5.26. The number of nitrogens with one attached hydrogen (secondary N) is 3. The topological polar surface area (TPSA) is 91.1 Å². The van der Waals surface area contributed by atoms with Crippen LogP contribution in [0.2, 0.25) is 0 Å². The van der Waals surface area contributed by atoms with Gasteiger partial charge in [0.15, 0.2) is 0 Å². The maximum absolute atomic E-state index is 5.26. The third-order valence-electron chi connectivity index (χ3n) is 1.80. The smallest absolute Gasteiger partial charge is 0.206 e. The molecule has 0 aliphatic rings. The number of hydrogen-bond donors (Lipinski definition) is 4. The lowest BCUT2D eigenvalue weighted by Crippen LogP contribution is -2.41.